The largest absolute Gasteiger partial charge is 0.462 e. The lowest BCUT2D eigenvalue weighted by Gasteiger charge is -2.18. The summed E-state index contributed by atoms with van der Waals surface area (Å²) in [5.74, 6) is -0.960. The van der Waals surface area contributed by atoms with Crippen LogP contribution in [0, 0.1) is 0 Å². The van der Waals surface area contributed by atoms with E-state index in [1.54, 1.807) is 0 Å². The summed E-state index contributed by atoms with van der Waals surface area (Å²) in [6, 6.07) is 0. The Labute approximate surface area is 448 Å². The van der Waals surface area contributed by atoms with E-state index in [0.29, 0.717) is 19.3 Å². The number of hydrogen-bond acceptors (Lipinski definition) is 6. The van der Waals surface area contributed by atoms with E-state index in [1.165, 1.54) is 6.42 Å². The van der Waals surface area contributed by atoms with Crippen molar-refractivity contribution in [3.63, 3.8) is 0 Å². The molecule has 1 atom stereocenters. The van der Waals surface area contributed by atoms with E-state index in [9.17, 15) is 14.4 Å². The second kappa shape index (κ2) is 59.8. The van der Waals surface area contributed by atoms with Crippen molar-refractivity contribution < 1.29 is 28.6 Å². The van der Waals surface area contributed by atoms with Gasteiger partial charge in [-0.15, -0.1) is 0 Å². The van der Waals surface area contributed by atoms with Crippen LogP contribution < -0.4 is 0 Å². The molecule has 410 valence electrons. The average Bonchev–Trinajstić information content (AvgIpc) is 3.39. The van der Waals surface area contributed by atoms with Crippen molar-refractivity contribution in [2.75, 3.05) is 13.2 Å². The van der Waals surface area contributed by atoms with Crippen LogP contribution in [0.4, 0.5) is 0 Å². The van der Waals surface area contributed by atoms with Gasteiger partial charge in [0.05, 0.1) is 0 Å². The number of hydrogen-bond donors (Lipinski definition) is 0. The quantitative estimate of drug-likeness (QED) is 0.0261. The molecule has 0 radical (unpaired) electrons. The van der Waals surface area contributed by atoms with Crippen LogP contribution >= 0.6 is 0 Å². The number of esters is 3. The molecule has 1 unspecified atom stereocenters. The fourth-order valence-corrected chi connectivity index (χ4v) is 7.47. The van der Waals surface area contributed by atoms with Crippen LogP contribution in [0.15, 0.2) is 146 Å². The van der Waals surface area contributed by atoms with Crippen molar-refractivity contribution >= 4 is 17.9 Å². The summed E-state index contributed by atoms with van der Waals surface area (Å²) in [6.07, 6.45) is 85.5. The van der Waals surface area contributed by atoms with Crippen LogP contribution in [0.2, 0.25) is 0 Å². The number of rotatable bonds is 51. The molecule has 0 fully saturated rings. The highest BCUT2D eigenvalue weighted by Crippen LogP contribution is 2.13. The molecule has 0 bridgehead atoms. The summed E-state index contributed by atoms with van der Waals surface area (Å²) in [6.45, 7) is 6.29. The van der Waals surface area contributed by atoms with Crippen molar-refractivity contribution in [3.8, 4) is 0 Å². The highest BCUT2D eigenvalue weighted by atomic mass is 16.6. The van der Waals surface area contributed by atoms with Gasteiger partial charge in [0, 0.05) is 19.3 Å². The Hall–Kier alpha value is -4.71. The van der Waals surface area contributed by atoms with E-state index < -0.39 is 6.10 Å². The molecule has 0 spiro atoms. The molecule has 73 heavy (non-hydrogen) atoms. The van der Waals surface area contributed by atoms with Crippen LogP contribution in [0.3, 0.4) is 0 Å². The lowest BCUT2D eigenvalue weighted by atomic mass is 10.1. The minimum atomic E-state index is -0.808. The van der Waals surface area contributed by atoms with E-state index in [-0.39, 0.29) is 31.1 Å². The summed E-state index contributed by atoms with van der Waals surface area (Å²) >= 11 is 0. The van der Waals surface area contributed by atoms with E-state index >= 15 is 0 Å². The summed E-state index contributed by atoms with van der Waals surface area (Å²) in [4.78, 5) is 38.2. The minimum Gasteiger partial charge on any atom is -0.462 e. The maximum Gasteiger partial charge on any atom is 0.306 e. The summed E-state index contributed by atoms with van der Waals surface area (Å²) in [5, 5.41) is 0. The van der Waals surface area contributed by atoms with Crippen molar-refractivity contribution in [2.24, 2.45) is 0 Å². The third kappa shape index (κ3) is 58.1. The minimum absolute atomic E-state index is 0.104. The molecule has 0 amide bonds. The van der Waals surface area contributed by atoms with Gasteiger partial charge in [0.1, 0.15) is 13.2 Å². The van der Waals surface area contributed by atoms with Gasteiger partial charge in [0.15, 0.2) is 6.10 Å². The molecule has 0 N–H and O–H groups in total. The average molecular weight is 1010 g/mol. The third-order valence-electron chi connectivity index (χ3n) is 11.8. The van der Waals surface area contributed by atoms with Crippen LogP contribution in [0.25, 0.3) is 0 Å². The Kier molecular flexibility index (Phi) is 56.0. The zero-order valence-electron chi connectivity index (χ0n) is 46.8. The Morgan fingerprint density at radius 1 is 0.288 bits per heavy atom. The van der Waals surface area contributed by atoms with E-state index in [2.05, 4.69) is 167 Å². The molecule has 6 heteroatoms. The Balaban J connectivity index is 4.41. The predicted molar refractivity (Wildman–Crippen MR) is 315 cm³/mol. The highest BCUT2D eigenvalue weighted by Gasteiger charge is 2.19. The van der Waals surface area contributed by atoms with Crippen molar-refractivity contribution in [1.82, 2.24) is 0 Å². The lowest BCUT2D eigenvalue weighted by Crippen LogP contribution is -2.30. The Morgan fingerprint density at radius 2 is 0.534 bits per heavy atom. The first-order valence-electron chi connectivity index (χ1n) is 29.3. The van der Waals surface area contributed by atoms with Gasteiger partial charge in [0.25, 0.3) is 0 Å². The van der Waals surface area contributed by atoms with Gasteiger partial charge in [-0.25, -0.2) is 0 Å². The van der Waals surface area contributed by atoms with Gasteiger partial charge in [-0.3, -0.25) is 14.4 Å². The molecule has 0 aromatic carbocycles. The van der Waals surface area contributed by atoms with Crippen LogP contribution in [-0.2, 0) is 28.6 Å². The van der Waals surface area contributed by atoms with Gasteiger partial charge in [0.2, 0.25) is 0 Å². The number of carbonyl (C=O) groups excluding carboxylic acids is 3. The predicted octanol–water partition coefficient (Wildman–Crippen LogP) is 20.0. The molecule has 0 saturated carbocycles. The molecular formula is C67H106O6. The summed E-state index contributed by atoms with van der Waals surface area (Å²) < 4.78 is 16.8. The maximum atomic E-state index is 12.8. The molecule has 0 aromatic heterocycles. The van der Waals surface area contributed by atoms with E-state index in [4.69, 9.17) is 14.2 Å². The Bertz CT molecular complexity index is 1630. The van der Waals surface area contributed by atoms with E-state index in [0.717, 1.165) is 193 Å². The summed E-state index contributed by atoms with van der Waals surface area (Å²) in [5.41, 5.74) is 0. The third-order valence-corrected chi connectivity index (χ3v) is 11.8. The fraction of sp³-hybridized carbons (Fsp3) is 0.597. The number of ether oxygens (including phenoxy) is 3. The fourth-order valence-electron chi connectivity index (χ4n) is 7.47. The molecule has 0 heterocycles. The number of allylic oxidation sites excluding steroid dienone is 24. The first kappa shape index (κ1) is 68.3. The topological polar surface area (TPSA) is 78.9 Å². The lowest BCUT2D eigenvalue weighted by molar-refractivity contribution is -0.167. The standard InChI is InChI=1S/C67H106O6/c1-4-7-10-13-16-19-22-25-27-28-29-30-31-32-33-34-35-36-37-38-40-42-45-48-51-54-57-60-66(69)72-63-64(62-71-65(68)59-56-53-50-47-44-41-24-21-18-15-12-9-6-3)73-67(70)61-58-55-52-49-46-43-39-26-23-20-17-14-11-8-5-2/h7-8,10-12,15-17,19-21,24-27,29-30,32-33,35-36,38-40,64H,4-6,9,13-14,18,22-23,28,31,34,37,41-63H2,1-3H3/b10-7-,11-8-,15-12-,19-16-,20-17-,24-21-,27-25-,30-29-,33-32-,36-35-,39-26-,40-38-. The van der Waals surface area contributed by atoms with Gasteiger partial charge < -0.3 is 14.2 Å². The second-order valence-electron chi connectivity index (χ2n) is 18.8. The zero-order chi connectivity index (χ0) is 52.9. The molecule has 0 aliphatic carbocycles. The van der Waals surface area contributed by atoms with Gasteiger partial charge in [-0.2, -0.15) is 0 Å². The molecule has 0 rings (SSSR count). The molecule has 0 aliphatic heterocycles. The molecule has 6 nitrogen and oxygen atoms in total. The van der Waals surface area contributed by atoms with Gasteiger partial charge in [-0.1, -0.05) is 231 Å². The zero-order valence-corrected chi connectivity index (χ0v) is 46.8. The Morgan fingerprint density at radius 3 is 0.836 bits per heavy atom. The van der Waals surface area contributed by atoms with Crippen LogP contribution in [0.1, 0.15) is 239 Å². The first-order chi connectivity index (χ1) is 36.0. The van der Waals surface area contributed by atoms with Gasteiger partial charge >= 0.3 is 17.9 Å². The van der Waals surface area contributed by atoms with Crippen LogP contribution in [0.5, 0.6) is 0 Å². The van der Waals surface area contributed by atoms with Crippen molar-refractivity contribution in [3.05, 3.63) is 146 Å². The molecule has 0 aromatic rings. The molecular weight excluding hydrogens is 901 g/mol. The normalized spacial score (nSPS) is 13.2. The maximum absolute atomic E-state index is 12.8. The monoisotopic (exact) mass is 1010 g/mol. The van der Waals surface area contributed by atoms with Crippen LogP contribution in [-0.4, -0.2) is 37.2 Å². The smallest absolute Gasteiger partial charge is 0.306 e. The molecule has 0 saturated heterocycles. The van der Waals surface area contributed by atoms with Crippen molar-refractivity contribution in [1.29, 1.82) is 0 Å². The SMILES string of the molecule is CC/C=C\C/C=C\C/C=C\C/C=C\C/C=C\C/C=C\C/C=C\CCCCCCCC(=O)OCC(COC(=O)CCCCCCC/C=C\C/C=C\CCC)OC(=O)CCCCCCC/C=C\C/C=C\C/C=C\CC. The number of carbonyl (C=O) groups is 3. The highest BCUT2D eigenvalue weighted by molar-refractivity contribution is 5.71. The second-order valence-corrected chi connectivity index (χ2v) is 18.8. The van der Waals surface area contributed by atoms with Crippen molar-refractivity contribution in [2.45, 2.75) is 245 Å². The first-order valence-corrected chi connectivity index (χ1v) is 29.3. The van der Waals surface area contributed by atoms with Gasteiger partial charge in [-0.05, 0) is 135 Å². The number of unbranched alkanes of at least 4 members (excludes halogenated alkanes) is 16. The molecule has 0 aliphatic rings. The van der Waals surface area contributed by atoms with E-state index in [1.807, 2.05) is 0 Å². The summed E-state index contributed by atoms with van der Waals surface area (Å²) in [7, 11) is 0.